The average Bonchev–Trinajstić information content (AvgIpc) is 2.61. The number of rotatable bonds is 2. The van der Waals surface area contributed by atoms with Crippen molar-refractivity contribution in [3.8, 4) is 17.5 Å². The maximum atomic E-state index is 8.68. The van der Waals surface area contributed by atoms with E-state index in [0.717, 1.165) is 17.1 Å². The van der Waals surface area contributed by atoms with Crippen molar-refractivity contribution in [1.29, 1.82) is 5.26 Å². The summed E-state index contributed by atoms with van der Waals surface area (Å²) < 4.78 is 1.97. The molecule has 16 heavy (non-hydrogen) atoms. The zero-order valence-corrected chi connectivity index (χ0v) is 9.44. The Hall–Kier alpha value is -2.08. The summed E-state index contributed by atoms with van der Waals surface area (Å²) in [6, 6.07) is 10.3. The van der Waals surface area contributed by atoms with Crippen molar-refractivity contribution in [1.82, 2.24) is 9.55 Å². The lowest BCUT2D eigenvalue weighted by Gasteiger charge is -2.04. The number of nitrogens with zero attached hydrogens (tertiary/aromatic N) is 3. The molecule has 2 rings (SSSR count). The van der Waals surface area contributed by atoms with E-state index >= 15 is 0 Å². The van der Waals surface area contributed by atoms with E-state index in [4.69, 9.17) is 5.26 Å². The molecule has 0 spiro atoms. The van der Waals surface area contributed by atoms with E-state index in [2.05, 4.69) is 30.1 Å². The third-order valence-corrected chi connectivity index (χ3v) is 2.62. The minimum atomic E-state index is 0.398. The summed E-state index contributed by atoms with van der Waals surface area (Å²) in [5, 5.41) is 8.68. The van der Waals surface area contributed by atoms with Gasteiger partial charge in [0.15, 0.2) is 0 Å². The van der Waals surface area contributed by atoms with E-state index in [9.17, 15) is 0 Å². The van der Waals surface area contributed by atoms with Gasteiger partial charge in [0.25, 0.3) is 0 Å². The zero-order valence-electron chi connectivity index (χ0n) is 9.44. The zero-order chi connectivity index (χ0) is 11.5. The molecule has 0 radical (unpaired) electrons. The Balaban J connectivity index is 2.46. The Kier molecular flexibility index (Phi) is 2.74. The molecule has 0 amide bonds. The molecule has 0 saturated heterocycles. The molecule has 0 fully saturated rings. The van der Waals surface area contributed by atoms with Crippen LogP contribution < -0.4 is 0 Å². The average molecular weight is 211 g/mol. The summed E-state index contributed by atoms with van der Waals surface area (Å²) in [4.78, 5) is 4.36. The monoisotopic (exact) mass is 211 g/mol. The van der Waals surface area contributed by atoms with Crippen molar-refractivity contribution in [3.05, 3.63) is 41.7 Å². The van der Waals surface area contributed by atoms with Crippen molar-refractivity contribution >= 4 is 0 Å². The fourth-order valence-corrected chi connectivity index (χ4v) is 1.74. The van der Waals surface area contributed by atoms with Gasteiger partial charge in [-0.3, -0.25) is 0 Å². The fraction of sp³-hybridized carbons (Fsp3) is 0.231. The fourth-order valence-electron chi connectivity index (χ4n) is 1.74. The third-order valence-electron chi connectivity index (χ3n) is 2.62. The number of aryl methyl sites for hydroxylation is 1. The highest BCUT2D eigenvalue weighted by atomic mass is 15.1. The van der Waals surface area contributed by atoms with Crippen LogP contribution in [0.1, 0.15) is 11.3 Å². The van der Waals surface area contributed by atoms with Gasteiger partial charge in [0.1, 0.15) is 5.82 Å². The van der Waals surface area contributed by atoms with Crippen LogP contribution in [0.25, 0.3) is 11.4 Å². The highest BCUT2D eigenvalue weighted by Crippen LogP contribution is 2.19. The van der Waals surface area contributed by atoms with Gasteiger partial charge in [0.05, 0.1) is 18.2 Å². The summed E-state index contributed by atoms with van der Waals surface area (Å²) in [5.74, 6) is 0.911. The molecule has 0 atom stereocenters. The van der Waals surface area contributed by atoms with Gasteiger partial charge in [-0.15, -0.1) is 0 Å². The summed E-state index contributed by atoms with van der Waals surface area (Å²) in [6.07, 6.45) is 2.16. The molecule has 1 aromatic carbocycles. The first kappa shape index (κ1) is 10.4. The first-order valence-corrected chi connectivity index (χ1v) is 5.17. The van der Waals surface area contributed by atoms with Gasteiger partial charge in [-0.1, -0.05) is 23.8 Å². The molecule has 0 aliphatic carbocycles. The minimum Gasteiger partial charge on any atom is -0.330 e. The van der Waals surface area contributed by atoms with E-state index in [1.54, 1.807) is 6.20 Å². The lowest BCUT2D eigenvalue weighted by molar-refractivity contribution is 0.863. The first-order chi connectivity index (χ1) is 7.72. The molecule has 3 heteroatoms. The van der Waals surface area contributed by atoms with Crippen LogP contribution in [0.5, 0.6) is 0 Å². The van der Waals surface area contributed by atoms with Crippen LogP contribution in [0.3, 0.4) is 0 Å². The first-order valence-electron chi connectivity index (χ1n) is 5.17. The van der Waals surface area contributed by atoms with Crippen molar-refractivity contribution in [2.24, 2.45) is 7.05 Å². The Morgan fingerprint density at radius 1 is 1.44 bits per heavy atom. The van der Waals surface area contributed by atoms with Gasteiger partial charge in [-0.25, -0.2) is 4.98 Å². The normalized spacial score (nSPS) is 10.1. The van der Waals surface area contributed by atoms with Crippen LogP contribution in [-0.2, 0) is 13.5 Å². The van der Waals surface area contributed by atoms with Crippen LogP contribution in [0.2, 0.25) is 0 Å². The minimum absolute atomic E-state index is 0.398. The lowest BCUT2D eigenvalue weighted by atomic mass is 10.1. The highest BCUT2D eigenvalue weighted by molar-refractivity contribution is 5.57. The van der Waals surface area contributed by atoms with Gasteiger partial charge >= 0.3 is 0 Å². The molecule has 2 aromatic rings. The van der Waals surface area contributed by atoms with Crippen molar-refractivity contribution in [2.75, 3.05) is 0 Å². The topological polar surface area (TPSA) is 41.6 Å². The molecule has 0 bridgehead atoms. The molecular weight excluding hydrogens is 198 g/mol. The number of benzene rings is 1. The molecule has 0 aliphatic rings. The Morgan fingerprint density at radius 2 is 2.25 bits per heavy atom. The van der Waals surface area contributed by atoms with Crippen LogP contribution in [0.4, 0.5) is 0 Å². The predicted molar refractivity (Wildman–Crippen MR) is 62.7 cm³/mol. The summed E-state index contributed by atoms with van der Waals surface area (Å²) in [6.45, 7) is 2.06. The maximum absolute atomic E-state index is 8.68. The van der Waals surface area contributed by atoms with Crippen LogP contribution >= 0.6 is 0 Å². The van der Waals surface area contributed by atoms with Crippen molar-refractivity contribution in [2.45, 2.75) is 13.3 Å². The van der Waals surface area contributed by atoms with Gasteiger partial charge in [-0.05, 0) is 13.0 Å². The third kappa shape index (κ3) is 1.82. The summed E-state index contributed by atoms with van der Waals surface area (Å²) in [5.41, 5.74) is 3.24. The second-order valence-electron chi connectivity index (χ2n) is 3.84. The van der Waals surface area contributed by atoms with Gasteiger partial charge < -0.3 is 4.57 Å². The second-order valence-corrected chi connectivity index (χ2v) is 3.84. The Bertz CT molecular complexity index is 547. The Labute approximate surface area is 95.0 Å². The molecule has 0 N–H and O–H groups in total. The van der Waals surface area contributed by atoms with E-state index in [0.29, 0.717) is 6.42 Å². The lowest BCUT2D eigenvalue weighted by Crippen LogP contribution is -1.97. The molecule has 0 saturated carbocycles. The molecule has 3 nitrogen and oxygen atoms in total. The molecule has 1 heterocycles. The smallest absolute Gasteiger partial charge is 0.139 e. The van der Waals surface area contributed by atoms with Crippen LogP contribution in [0, 0.1) is 18.3 Å². The number of nitriles is 1. The molecular formula is C13H13N3. The van der Waals surface area contributed by atoms with Gasteiger partial charge in [0.2, 0.25) is 0 Å². The van der Waals surface area contributed by atoms with Crippen molar-refractivity contribution in [3.63, 3.8) is 0 Å². The van der Waals surface area contributed by atoms with E-state index < -0.39 is 0 Å². The molecule has 1 aromatic heterocycles. The van der Waals surface area contributed by atoms with Gasteiger partial charge in [-0.2, -0.15) is 5.26 Å². The second kappa shape index (κ2) is 4.19. The van der Waals surface area contributed by atoms with Gasteiger partial charge in [0, 0.05) is 18.8 Å². The molecule has 0 unspecified atom stereocenters. The highest BCUT2D eigenvalue weighted by Gasteiger charge is 2.07. The molecule has 80 valence electrons. The van der Waals surface area contributed by atoms with Crippen molar-refractivity contribution < 1.29 is 0 Å². The van der Waals surface area contributed by atoms with Crippen LogP contribution in [0.15, 0.2) is 30.5 Å². The number of imidazole rings is 1. The van der Waals surface area contributed by atoms with Crippen LogP contribution in [-0.4, -0.2) is 9.55 Å². The number of aromatic nitrogens is 2. The number of hydrogen-bond donors (Lipinski definition) is 0. The predicted octanol–water partition coefficient (Wildman–Crippen LogP) is 2.46. The molecule has 0 aliphatic heterocycles. The largest absolute Gasteiger partial charge is 0.330 e. The standard InChI is InChI=1S/C13H13N3/c1-10-4-3-5-11(8-10)13-15-9-12(6-7-14)16(13)2/h3-5,8-9H,6H2,1-2H3. The maximum Gasteiger partial charge on any atom is 0.139 e. The van der Waals surface area contributed by atoms with E-state index in [1.165, 1.54) is 5.56 Å². The Morgan fingerprint density at radius 3 is 2.94 bits per heavy atom. The van der Waals surface area contributed by atoms with E-state index in [-0.39, 0.29) is 0 Å². The summed E-state index contributed by atoms with van der Waals surface area (Å²) >= 11 is 0. The van der Waals surface area contributed by atoms with E-state index in [1.807, 2.05) is 23.7 Å². The SMILES string of the molecule is Cc1cccc(-c2ncc(CC#N)n2C)c1. The quantitative estimate of drug-likeness (QED) is 0.765. The summed E-state index contributed by atoms with van der Waals surface area (Å²) in [7, 11) is 1.94. The number of hydrogen-bond acceptors (Lipinski definition) is 2.